The van der Waals surface area contributed by atoms with Gasteiger partial charge in [-0.25, -0.2) is 4.79 Å². The van der Waals surface area contributed by atoms with Crippen molar-refractivity contribution in [2.24, 2.45) is 0 Å². The Morgan fingerprint density at radius 1 is 1.43 bits per heavy atom. The van der Waals surface area contributed by atoms with Crippen molar-refractivity contribution in [1.29, 1.82) is 0 Å². The summed E-state index contributed by atoms with van der Waals surface area (Å²) in [5.41, 5.74) is 1.70. The molecular weight excluding hydrogens is 272 g/mol. The van der Waals surface area contributed by atoms with Crippen molar-refractivity contribution in [1.82, 2.24) is 10.6 Å². The van der Waals surface area contributed by atoms with Crippen LogP contribution >= 0.6 is 0 Å². The minimum absolute atomic E-state index is 0.0194. The molecule has 0 saturated carbocycles. The first-order valence-electron chi connectivity index (χ1n) is 6.69. The van der Waals surface area contributed by atoms with Crippen molar-refractivity contribution in [3.05, 3.63) is 35.0 Å². The van der Waals surface area contributed by atoms with Gasteiger partial charge in [0, 0.05) is 11.3 Å². The Bertz CT molecular complexity index is 622. The molecular formula is C15H18N2O4. The molecule has 3 N–H and O–H groups in total. The molecule has 112 valence electrons. The molecule has 1 atom stereocenters. The fourth-order valence-electron chi connectivity index (χ4n) is 2.39. The van der Waals surface area contributed by atoms with Gasteiger partial charge in [0.1, 0.15) is 0 Å². The lowest BCUT2D eigenvalue weighted by molar-refractivity contribution is -0.114. The average Bonchev–Trinajstić information content (AvgIpc) is 2.40. The van der Waals surface area contributed by atoms with Crippen LogP contribution in [0.15, 0.2) is 29.5 Å². The quantitative estimate of drug-likeness (QED) is 0.791. The number of carbonyl (C=O) groups excluding carboxylic acids is 2. The van der Waals surface area contributed by atoms with Crippen LogP contribution in [-0.2, 0) is 4.79 Å². The predicted molar refractivity (Wildman–Crippen MR) is 77.1 cm³/mol. The molecule has 21 heavy (non-hydrogen) atoms. The number of nitrogens with one attached hydrogen (secondary N) is 2. The Hall–Kier alpha value is -2.50. The van der Waals surface area contributed by atoms with E-state index in [4.69, 9.17) is 4.74 Å². The predicted octanol–water partition coefficient (Wildman–Crippen LogP) is 2.01. The minimum Gasteiger partial charge on any atom is -0.504 e. The maximum absolute atomic E-state index is 11.8. The van der Waals surface area contributed by atoms with Crippen molar-refractivity contribution in [2.75, 3.05) is 6.61 Å². The van der Waals surface area contributed by atoms with E-state index < -0.39 is 6.04 Å². The zero-order valence-corrected chi connectivity index (χ0v) is 12.2. The number of carbonyl (C=O) groups is 2. The van der Waals surface area contributed by atoms with Crippen molar-refractivity contribution in [2.45, 2.75) is 26.8 Å². The molecule has 1 aliphatic rings. The van der Waals surface area contributed by atoms with Gasteiger partial charge in [-0.05, 0) is 38.5 Å². The van der Waals surface area contributed by atoms with Crippen LogP contribution in [0.2, 0.25) is 0 Å². The molecule has 2 rings (SSSR count). The van der Waals surface area contributed by atoms with Crippen LogP contribution in [-0.4, -0.2) is 23.5 Å². The van der Waals surface area contributed by atoms with Crippen molar-refractivity contribution in [3.63, 3.8) is 0 Å². The number of urea groups is 1. The number of aromatic hydroxyl groups is 1. The van der Waals surface area contributed by atoms with Gasteiger partial charge >= 0.3 is 6.03 Å². The number of Topliss-reactive ketones (excluding diaryl/α,β-unsaturated/α-hetero) is 1. The minimum atomic E-state index is -0.559. The van der Waals surface area contributed by atoms with Gasteiger partial charge < -0.3 is 20.5 Å². The molecule has 0 radical (unpaired) electrons. The van der Waals surface area contributed by atoms with E-state index in [-0.39, 0.29) is 17.6 Å². The highest BCUT2D eigenvalue weighted by atomic mass is 16.5. The van der Waals surface area contributed by atoms with Crippen LogP contribution in [0.25, 0.3) is 0 Å². The van der Waals surface area contributed by atoms with Crippen molar-refractivity contribution in [3.8, 4) is 11.5 Å². The summed E-state index contributed by atoms with van der Waals surface area (Å²) >= 11 is 0. The van der Waals surface area contributed by atoms with E-state index in [0.29, 0.717) is 29.2 Å². The molecule has 2 amide bonds. The monoisotopic (exact) mass is 290 g/mol. The van der Waals surface area contributed by atoms with Gasteiger partial charge in [0.25, 0.3) is 0 Å². The molecule has 1 aromatic carbocycles. The van der Waals surface area contributed by atoms with Gasteiger partial charge in [-0.1, -0.05) is 6.07 Å². The molecule has 6 heteroatoms. The first-order chi connectivity index (χ1) is 9.93. The Morgan fingerprint density at radius 3 is 2.76 bits per heavy atom. The van der Waals surface area contributed by atoms with Crippen LogP contribution in [0, 0.1) is 0 Å². The third kappa shape index (κ3) is 2.99. The van der Waals surface area contributed by atoms with E-state index in [1.807, 2.05) is 6.92 Å². The fourth-order valence-corrected chi connectivity index (χ4v) is 2.39. The summed E-state index contributed by atoms with van der Waals surface area (Å²) in [7, 11) is 0. The van der Waals surface area contributed by atoms with Gasteiger partial charge in [0.2, 0.25) is 0 Å². The first-order valence-corrected chi connectivity index (χ1v) is 6.69. The second-order valence-corrected chi connectivity index (χ2v) is 4.79. The third-order valence-electron chi connectivity index (χ3n) is 3.27. The Kier molecular flexibility index (Phi) is 4.16. The summed E-state index contributed by atoms with van der Waals surface area (Å²) in [6, 6.07) is 3.85. The smallest absolute Gasteiger partial charge is 0.319 e. The fraction of sp³-hybridized carbons (Fsp3) is 0.333. The molecule has 0 unspecified atom stereocenters. The van der Waals surface area contributed by atoms with Gasteiger partial charge in [-0.3, -0.25) is 4.79 Å². The number of hydrogen-bond donors (Lipinski definition) is 3. The number of rotatable bonds is 4. The number of ether oxygens (including phenoxy) is 1. The molecule has 1 heterocycles. The largest absolute Gasteiger partial charge is 0.504 e. The van der Waals surface area contributed by atoms with Crippen LogP contribution in [0.3, 0.4) is 0 Å². The zero-order valence-electron chi connectivity index (χ0n) is 12.2. The number of allylic oxidation sites excluding steroid dienone is 1. The first kappa shape index (κ1) is 14.9. The van der Waals surface area contributed by atoms with E-state index in [1.54, 1.807) is 19.1 Å². The maximum Gasteiger partial charge on any atom is 0.319 e. The van der Waals surface area contributed by atoms with Gasteiger partial charge in [-0.15, -0.1) is 0 Å². The normalized spacial score (nSPS) is 18.0. The third-order valence-corrected chi connectivity index (χ3v) is 3.27. The molecule has 1 aromatic rings. The summed E-state index contributed by atoms with van der Waals surface area (Å²) in [5.74, 6) is 0.213. The maximum atomic E-state index is 11.8. The number of phenols is 1. The van der Waals surface area contributed by atoms with Crippen LogP contribution in [0.1, 0.15) is 32.4 Å². The molecule has 1 aliphatic heterocycles. The average molecular weight is 290 g/mol. The standard InChI is InChI=1S/C15H18N2O4/c1-4-21-12-7-10(5-6-11(12)19)14-13(9(3)18)8(2)16-15(20)17-14/h5-7,14,19H,4H2,1-3H3,(H2,16,17,20)/t14-/m0/s1. The van der Waals surface area contributed by atoms with E-state index >= 15 is 0 Å². The van der Waals surface area contributed by atoms with E-state index in [1.165, 1.54) is 13.0 Å². The van der Waals surface area contributed by atoms with E-state index in [0.717, 1.165) is 0 Å². The lowest BCUT2D eigenvalue weighted by Crippen LogP contribution is -2.44. The molecule has 0 fully saturated rings. The second-order valence-electron chi connectivity index (χ2n) is 4.79. The molecule has 6 nitrogen and oxygen atoms in total. The second kappa shape index (κ2) is 5.87. The Labute approximate surface area is 122 Å². The van der Waals surface area contributed by atoms with Crippen LogP contribution in [0.4, 0.5) is 4.79 Å². The van der Waals surface area contributed by atoms with Gasteiger partial charge in [0.15, 0.2) is 17.3 Å². The molecule has 0 aromatic heterocycles. The van der Waals surface area contributed by atoms with Gasteiger partial charge in [-0.2, -0.15) is 0 Å². The highest BCUT2D eigenvalue weighted by molar-refractivity contribution is 5.98. The van der Waals surface area contributed by atoms with E-state index in [9.17, 15) is 14.7 Å². The molecule has 0 bridgehead atoms. The highest BCUT2D eigenvalue weighted by Gasteiger charge is 2.29. The number of ketones is 1. The van der Waals surface area contributed by atoms with Crippen LogP contribution < -0.4 is 15.4 Å². The Morgan fingerprint density at radius 2 is 2.14 bits per heavy atom. The topological polar surface area (TPSA) is 87.7 Å². The summed E-state index contributed by atoms with van der Waals surface area (Å²) in [5, 5.41) is 15.0. The number of benzene rings is 1. The Balaban J connectivity index is 2.48. The summed E-state index contributed by atoms with van der Waals surface area (Å²) in [6.45, 7) is 5.36. The molecule has 0 spiro atoms. The van der Waals surface area contributed by atoms with Crippen molar-refractivity contribution < 1.29 is 19.4 Å². The molecule has 0 saturated heterocycles. The number of phenolic OH excluding ortho intramolecular Hbond substituents is 1. The lowest BCUT2D eigenvalue weighted by atomic mass is 9.93. The number of hydrogen-bond acceptors (Lipinski definition) is 4. The van der Waals surface area contributed by atoms with Crippen LogP contribution in [0.5, 0.6) is 11.5 Å². The molecule has 0 aliphatic carbocycles. The van der Waals surface area contributed by atoms with Gasteiger partial charge in [0.05, 0.1) is 12.6 Å². The lowest BCUT2D eigenvalue weighted by Gasteiger charge is -2.28. The highest BCUT2D eigenvalue weighted by Crippen LogP contribution is 2.33. The van der Waals surface area contributed by atoms with E-state index in [2.05, 4.69) is 10.6 Å². The zero-order chi connectivity index (χ0) is 15.6. The van der Waals surface area contributed by atoms with Crippen molar-refractivity contribution >= 4 is 11.8 Å². The summed E-state index contributed by atoms with van der Waals surface area (Å²) < 4.78 is 5.34. The summed E-state index contributed by atoms with van der Waals surface area (Å²) in [4.78, 5) is 23.5. The SMILES string of the molecule is CCOc1cc([C@@H]2NC(=O)NC(C)=C2C(C)=O)ccc1O. The number of amides is 2. The summed E-state index contributed by atoms with van der Waals surface area (Å²) in [6.07, 6.45) is 0.